The predicted octanol–water partition coefficient (Wildman–Crippen LogP) is 6.99. The van der Waals surface area contributed by atoms with Crippen LogP contribution >= 0.6 is 0 Å². The van der Waals surface area contributed by atoms with Gasteiger partial charge in [-0.2, -0.15) is 0 Å². The molecule has 3 heteroatoms. The summed E-state index contributed by atoms with van der Waals surface area (Å²) in [6, 6.07) is 41.0. The molecule has 0 aliphatic carbocycles. The molecule has 0 atom stereocenters. The third-order valence-electron chi connectivity index (χ3n) is 4.97. The second kappa shape index (κ2) is 12.6. The molecule has 5 rings (SSSR count). The number of rotatable bonds is 4. The molecule has 165 valence electrons. The van der Waals surface area contributed by atoms with Crippen molar-refractivity contribution in [2.45, 2.75) is 13.3 Å². The maximum atomic E-state index is 4.45. The summed E-state index contributed by atoms with van der Waals surface area (Å²) in [5, 5.41) is 0. The van der Waals surface area contributed by atoms with Gasteiger partial charge in [0.05, 0.1) is 0 Å². The van der Waals surface area contributed by atoms with Crippen molar-refractivity contribution in [3.63, 3.8) is 0 Å². The Morgan fingerprint density at radius 1 is 0.636 bits per heavy atom. The monoisotopic (exact) mass is 605 g/mol. The SMILES string of the molecule is Cc1c[c-]c(-c2cc(Cc3ccccc3)ccn2)cc1.[Ir].[c-]1ccccc1-c1ccccn1. The first kappa shape index (κ1) is 24.3. The molecule has 0 bridgehead atoms. The van der Waals surface area contributed by atoms with Gasteiger partial charge in [0, 0.05) is 32.5 Å². The van der Waals surface area contributed by atoms with E-state index >= 15 is 0 Å². The fourth-order valence-corrected chi connectivity index (χ4v) is 3.30. The average molecular weight is 605 g/mol. The summed E-state index contributed by atoms with van der Waals surface area (Å²) < 4.78 is 0. The van der Waals surface area contributed by atoms with Crippen molar-refractivity contribution in [3.05, 3.63) is 144 Å². The topological polar surface area (TPSA) is 25.8 Å². The third-order valence-corrected chi connectivity index (χ3v) is 4.97. The number of pyridine rings is 2. The molecule has 1 radical (unpaired) electrons. The zero-order valence-electron chi connectivity index (χ0n) is 18.4. The first-order chi connectivity index (χ1) is 15.8. The molecule has 0 N–H and O–H groups in total. The number of hydrogen-bond acceptors (Lipinski definition) is 2. The van der Waals surface area contributed by atoms with Gasteiger partial charge in [0.25, 0.3) is 0 Å². The summed E-state index contributed by atoms with van der Waals surface area (Å²) in [4.78, 5) is 8.67. The van der Waals surface area contributed by atoms with Crippen LogP contribution in [0, 0.1) is 19.1 Å². The standard InChI is InChI=1S/C19H16N.C11H8N.Ir/c1-15-7-9-18(10-8-15)19-14-17(11-12-20-19)13-16-5-3-2-4-6-16;1-2-6-10(7-3-1)11-8-4-5-9-12-11;/h2-9,11-12,14H,13H2,1H3;1-6,8-9H;/q2*-1;. The Bertz CT molecular complexity index is 1190. The fourth-order valence-electron chi connectivity index (χ4n) is 3.30. The van der Waals surface area contributed by atoms with Crippen molar-refractivity contribution >= 4 is 0 Å². The summed E-state index contributed by atoms with van der Waals surface area (Å²) >= 11 is 0. The molecule has 2 aromatic heterocycles. The number of nitrogens with zero attached hydrogens (tertiary/aromatic N) is 2. The largest absolute Gasteiger partial charge is 0.305 e. The quantitative estimate of drug-likeness (QED) is 0.207. The van der Waals surface area contributed by atoms with Crippen LogP contribution < -0.4 is 0 Å². The second-order valence-corrected chi connectivity index (χ2v) is 7.48. The molecule has 2 heterocycles. The van der Waals surface area contributed by atoms with Gasteiger partial charge in [-0.1, -0.05) is 55.5 Å². The molecule has 0 aliphatic heterocycles. The van der Waals surface area contributed by atoms with Crippen LogP contribution in [0.5, 0.6) is 0 Å². The molecule has 5 aromatic rings. The number of aromatic nitrogens is 2. The number of aryl methyl sites for hydroxylation is 1. The molecular weight excluding hydrogens is 581 g/mol. The second-order valence-electron chi connectivity index (χ2n) is 7.48. The van der Waals surface area contributed by atoms with Gasteiger partial charge in [0.15, 0.2) is 0 Å². The summed E-state index contributed by atoms with van der Waals surface area (Å²) in [5.41, 5.74) is 7.85. The Morgan fingerprint density at radius 2 is 1.39 bits per heavy atom. The van der Waals surface area contributed by atoms with E-state index in [9.17, 15) is 0 Å². The van der Waals surface area contributed by atoms with Crippen molar-refractivity contribution in [2.75, 3.05) is 0 Å². The molecular formula is C30H24IrN2-2. The average Bonchev–Trinajstić information content (AvgIpc) is 2.87. The van der Waals surface area contributed by atoms with Crippen molar-refractivity contribution in [3.8, 4) is 22.5 Å². The van der Waals surface area contributed by atoms with Gasteiger partial charge < -0.3 is 9.97 Å². The van der Waals surface area contributed by atoms with E-state index in [2.05, 4.69) is 77.6 Å². The van der Waals surface area contributed by atoms with Gasteiger partial charge in [0.2, 0.25) is 0 Å². The predicted molar refractivity (Wildman–Crippen MR) is 131 cm³/mol. The van der Waals surface area contributed by atoms with Gasteiger partial charge in [-0.05, 0) is 41.1 Å². The van der Waals surface area contributed by atoms with Crippen molar-refractivity contribution < 1.29 is 20.1 Å². The van der Waals surface area contributed by atoms with Gasteiger partial charge in [-0.3, -0.25) is 0 Å². The number of benzene rings is 3. The normalized spacial score (nSPS) is 9.85. The van der Waals surface area contributed by atoms with Crippen molar-refractivity contribution in [2.24, 2.45) is 0 Å². The van der Waals surface area contributed by atoms with Gasteiger partial charge in [-0.15, -0.1) is 71.3 Å². The third kappa shape index (κ3) is 7.32. The summed E-state index contributed by atoms with van der Waals surface area (Å²) in [7, 11) is 0. The van der Waals surface area contributed by atoms with Crippen molar-refractivity contribution in [1.29, 1.82) is 0 Å². The van der Waals surface area contributed by atoms with Gasteiger partial charge in [-0.25, -0.2) is 0 Å². The molecule has 0 saturated carbocycles. The van der Waals surface area contributed by atoms with E-state index in [-0.39, 0.29) is 20.1 Å². The molecule has 2 nitrogen and oxygen atoms in total. The Balaban J connectivity index is 0.000000202. The Hall–Kier alpha value is -3.39. The maximum absolute atomic E-state index is 4.45. The van der Waals surface area contributed by atoms with E-state index in [1.54, 1.807) is 6.20 Å². The number of hydrogen-bond donors (Lipinski definition) is 0. The smallest absolute Gasteiger partial charge is 0.0163 e. The van der Waals surface area contributed by atoms with Crippen LogP contribution in [-0.4, -0.2) is 9.97 Å². The molecule has 0 aliphatic rings. The Kier molecular flexibility index (Phi) is 9.26. The van der Waals surface area contributed by atoms with Crippen LogP contribution in [0.25, 0.3) is 22.5 Å². The van der Waals surface area contributed by atoms with E-state index < -0.39 is 0 Å². The van der Waals surface area contributed by atoms with E-state index in [1.807, 2.05) is 60.8 Å². The van der Waals surface area contributed by atoms with Gasteiger partial charge >= 0.3 is 0 Å². The van der Waals surface area contributed by atoms with Crippen LogP contribution in [0.2, 0.25) is 0 Å². The molecule has 0 saturated heterocycles. The summed E-state index contributed by atoms with van der Waals surface area (Å²) in [5.74, 6) is 0. The van der Waals surface area contributed by atoms with E-state index in [0.717, 1.165) is 28.9 Å². The summed E-state index contributed by atoms with van der Waals surface area (Å²) in [6.45, 7) is 2.07. The molecule has 0 unspecified atom stereocenters. The van der Waals surface area contributed by atoms with E-state index in [0.29, 0.717) is 0 Å². The Labute approximate surface area is 209 Å². The van der Waals surface area contributed by atoms with Crippen LogP contribution in [0.4, 0.5) is 0 Å². The maximum Gasteiger partial charge on any atom is 0.0163 e. The fraction of sp³-hybridized carbons (Fsp3) is 0.0667. The van der Waals surface area contributed by atoms with E-state index in [4.69, 9.17) is 0 Å². The first-order valence-electron chi connectivity index (χ1n) is 10.6. The van der Waals surface area contributed by atoms with Crippen LogP contribution in [0.3, 0.4) is 0 Å². The minimum absolute atomic E-state index is 0. The minimum Gasteiger partial charge on any atom is -0.305 e. The zero-order valence-corrected chi connectivity index (χ0v) is 20.8. The van der Waals surface area contributed by atoms with Gasteiger partial charge in [0.1, 0.15) is 0 Å². The Morgan fingerprint density at radius 3 is 2.09 bits per heavy atom. The van der Waals surface area contributed by atoms with E-state index in [1.165, 1.54) is 16.7 Å². The molecule has 0 spiro atoms. The zero-order chi connectivity index (χ0) is 22.0. The minimum atomic E-state index is 0. The van der Waals surface area contributed by atoms with Crippen molar-refractivity contribution in [1.82, 2.24) is 9.97 Å². The summed E-state index contributed by atoms with van der Waals surface area (Å²) in [6.07, 6.45) is 4.60. The van der Waals surface area contributed by atoms with Crippen LogP contribution in [-0.2, 0) is 26.5 Å². The van der Waals surface area contributed by atoms with Crippen LogP contribution in [0.15, 0.2) is 116 Å². The molecule has 3 aromatic carbocycles. The molecule has 33 heavy (non-hydrogen) atoms. The first-order valence-corrected chi connectivity index (χ1v) is 10.6. The van der Waals surface area contributed by atoms with Crippen LogP contribution in [0.1, 0.15) is 16.7 Å². The molecule has 0 fully saturated rings. The molecule has 0 amide bonds.